The number of nitrogens with zero attached hydrogens (tertiary/aromatic N) is 4. The van der Waals surface area contributed by atoms with Gasteiger partial charge in [0.2, 0.25) is 0 Å². The number of aromatic nitrogens is 2. The second-order valence-electron chi connectivity index (χ2n) is 8.77. The molecule has 0 saturated carbocycles. The van der Waals surface area contributed by atoms with Crippen LogP contribution in [0.3, 0.4) is 0 Å². The third-order valence-electron chi connectivity index (χ3n) is 5.61. The summed E-state index contributed by atoms with van der Waals surface area (Å²) in [6.45, 7) is 5.02. The summed E-state index contributed by atoms with van der Waals surface area (Å²) in [4.78, 5) is 1.95. The molecule has 0 N–H and O–H groups in total. The summed E-state index contributed by atoms with van der Waals surface area (Å²) < 4.78 is 56.6. The lowest BCUT2D eigenvalue weighted by Crippen LogP contribution is -2.30. The Morgan fingerprint density at radius 1 is 1.22 bits per heavy atom. The van der Waals surface area contributed by atoms with E-state index in [1.165, 1.54) is 37.5 Å². The summed E-state index contributed by atoms with van der Waals surface area (Å²) in [5.41, 5.74) is 1.40. The summed E-state index contributed by atoms with van der Waals surface area (Å²) >= 11 is 0. The number of halogens is 2. The lowest BCUT2D eigenvalue weighted by molar-refractivity contribution is -0.212. The molecule has 0 unspecified atom stereocenters. The third-order valence-corrected chi connectivity index (χ3v) is 7.57. The number of pyridine rings is 1. The van der Waals surface area contributed by atoms with Gasteiger partial charge in [-0.25, -0.2) is 21.7 Å². The van der Waals surface area contributed by atoms with Crippen LogP contribution in [-0.2, 0) is 10.0 Å². The van der Waals surface area contributed by atoms with Crippen LogP contribution in [0.4, 0.5) is 14.5 Å². The third kappa shape index (κ3) is 3.94. The van der Waals surface area contributed by atoms with E-state index in [2.05, 4.69) is 9.50 Å². The van der Waals surface area contributed by atoms with Gasteiger partial charge in [0, 0.05) is 35.5 Å². The molecule has 0 spiro atoms. The Bertz CT molecular complexity index is 1310. The maximum Gasteiger partial charge on any atom is 0.257 e. The van der Waals surface area contributed by atoms with Crippen LogP contribution in [-0.4, -0.2) is 35.2 Å². The van der Waals surface area contributed by atoms with Crippen molar-refractivity contribution in [3.8, 4) is 0 Å². The molecule has 1 fully saturated rings. The van der Waals surface area contributed by atoms with Gasteiger partial charge < -0.3 is 10.0 Å². The van der Waals surface area contributed by atoms with E-state index < -0.39 is 32.3 Å². The molecule has 3 heterocycles. The summed E-state index contributed by atoms with van der Waals surface area (Å²) in [6.07, 6.45) is 4.35. The predicted molar refractivity (Wildman–Crippen MR) is 116 cm³/mol. The van der Waals surface area contributed by atoms with Crippen molar-refractivity contribution < 1.29 is 22.3 Å². The van der Waals surface area contributed by atoms with E-state index in [1.807, 2.05) is 4.90 Å². The molecule has 1 aliphatic heterocycles. The molecular weight excluding hydrogens is 438 g/mol. The fraction of sp³-hybridized carbons (Fsp3) is 0.364. The Hall–Kier alpha value is -3.01. The van der Waals surface area contributed by atoms with Crippen LogP contribution in [0.2, 0.25) is 0 Å². The van der Waals surface area contributed by atoms with Gasteiger partial charge in [-0.05, 0) is 63.9 Å². The number of fused-ring (bicyclic) bond motifs is 1. The second kappa shape index (κ2) is 7.84. The summed E-state index contributed by atoms with van der Waals surface area (Å²) in [5, 5.41) is 16.8. The monoisotopic (exact) mass is 461 g/mol. The zero-order chi connectivity index (χ0) is 23.3. The van der Waals surface area contributed by atoms with Gasteiger partial charge in [0.15, 0.2) is 0 Å². The van der Waals surface area contributed by atoms with Gasteiger partial charge in [0.25, 0.3) is 10.0 Å². The predicted octanol–water partition coefficient (Wildman–Crippen LogP) is 3.19. The van der Waals surface area contributed by atoms with Crippen molar-refractivity contribution in [3.63, 3.8) is 0 Å². The van der Waals surface area contributed by atoms with Crippen LogP contribution in [0, 0.1) is 11.6 Å². The molecule has 4 rings (SSSR count). The lowest BCUT2D eigenvalue weighted by Gasteiger charge is -2.27. The first-order valence-electron chi connectivity index (χ1n) is 10.2. The molecule has 0 bridgehead atoms. The van der Waals surface area contributed by atoms with Gasteiger partial charge in [0.05, 0.1) is 22.5 Å². The first-order valence-corrected chi connectivity index (χ1v) is 11.6. The van der Waals surface area contributed by atoms with Crippen LogP contribution < -0.4 is 10.0 Å². The number of hydrogen-bond donors (Lipinski definition) is 0. The molecule has 3 aromatic rings. The van der Waals surface area contributed by atoms with Crippen LogP contribution in [0.1, 0.15) is 50.8 Å². The normalized spacial score (nSPS) is 18.0. The quantitative estimate of drug-likeness (QED) is 0.440. The van der Waals surface area contributed by atoms with Crippen molar-refractivity contribution in [2.24, 2.45) is 4.40 Å². The molecule has 10 heteroatoms. The molecule has 1 saturated heterocycles. The molecule has 0 aliphatic carbocycles. The van der Waals surface area contributed by atoms with Crippen molar-refractivity contribution in [1.82, 2.24) is 9.61 Å². The number of anilines is 1. The maximum absolute atomic E-state index is 14.4. The minimum absolute atomic E-state index is 0.0485. The van der Waals surface area contributed by atoms with Gasteiger partial charge in [0.1, 0.15) is 11.6 Å². The van der Waals surface area contributed by atoms with Crippen molar-refractivity contribution in [2.45, 2.75) is 44.4 Å². The summed E-state index contributed by atoms with van der Waals surface area (Å²) in [6, 6.07) is 6.52. The highest BCUT2D eigenvalue weighted by atomic mass is 32.2. The minimum Gasteiger partial charge on any atom is -0.858 e. The van der Waals surface area contributed by atoms with E-state index in [0.29, 0.717) is 24.2 Å². The van der Waals surface area contributed by atoms with E-state index >= 15 is 0 Å². The summed E-state index contributed by atoms with van der Waals surface area (Å²) in [7, 11) is -4.02. The Balaban J connectivity index is 1.75. The number of benzene rings is 1. The van der Waals surface area contributed by atoms with E-state index in [-0.39, 0.29) is 17.2 Å². The van der Waals surface area contributed by atoms with Gasteiger partial charge in [-0.15, -0.1) is 0 Å². The van der Waals surface area contributed by atoms with Crippen molar-refractivity contribution >= 4 is 27.1 Å². The molecule has 0 amide bonds. The van der Waals surface area contributed by atoms with Gasteiger partial charge in [-0.1, -0.05) is 0 Å². The topological polar surface area (TPSA) is 90.1 Å². The minimum atomic E-state index is -4.02. The molecule has 1 aromatic carbocycles. The summed E-state index contributed by atoms with van der Waals surface area (Å²) in [5.74, 6) is -1.88. The van der Waals surface area contributed by atoms with E-state index in [1.54, 1.807) is 18.3 Å². The highest BCUT2D eigenvalue weighted by molar-refractivity contribution is 7.91. The number of rotatable bonds is 4. The Kier molecular flexibility index (Phi) is 5.44. The molecule has 1 atom stereocenters. The largest absolute Gasteiger partial charge is 0.858 e. The highest BCUT2D eigenvalue weighted by Crippen LogP contribution is 2.38. The average Bonchev–Trinajstić information content (AvgIpc) is 3.35. The Morgan fingerprint density at radius 3 is 2.69 bits per heavy atom. The molecule has 1 aliphatic rings. The molecule has 0 radical (unpaired) electrons. The Labute approximate surface area is 185 Å². The van der Waals surface area contributed by atoms with E-state index in [9.17, 15) is 22.3 Å². The highest BCUT2D eigenvalue weighted by Gasteiger charge is 2.30. The first kappa shape index (κ1) is 22.2. The van der Waals surface area contributed by atoms with Crippen LogP contribution in [0.25, 0.3) is 5.52 Å². The molecule has 2 aromatic heterocycles. The first-order chi connectivity index (χ1) is 15.0. The SMILES string of the molecule is CC(C)(C)S(=O)(=O)/N=C(/[O-])c1cnn2ccc(N3CCC[C@@H]3c3cc(F)ccc3F)cc12. The van der Waals surface area contributed by atoms with Crippen molar-refractivity contribution in [1.29, 1.82) is 0 Å². The fourth-order valence-electron chi connectivity index (χ4n) is 3.78. The zero-order valence-corrected chi connectivity index (χ0v) is 18.7. The zero-order valence-electron chi connectivity index (χ0n) is 17.9. The van der Waals surface area contributed by atoms with E-state index in [0.717, 1.165) is 18.6 Å². The smallest absolute Gasteiger partial charge is 0.257 e. The number of sulfonamides is 1. The fourth-order valence-corrected chi connectivity index (χ4v) is 4.37. The van der Waals surface area contributed by atoms with Crippen molar-refractivity contribution in [3.05, 3.63) is 65.5 Å². The Morgan fingerprint density at radius 2 is 1.97 bits per heavy atom. The molecule has 170 valence electrons. The van der Waals surface area contributed by atoms with Crippen LogP contribution in [0.15, 0.2) is 47.1 Å². The van der Waals surface area contributed by atoms with Crippen LogP contribution in [0.5, 0.6) is 0 Å². The van der Waals surface area contributed by atoms with Gasteiger partial charge in [-0.3, -0.25) is 0 Å². The standard InChI is InChI=1S/C22H24F2N4O3S/c1-22(2,3)32(30,31)26-21(29)17-13-25-28-10-8-15(12-20(17)28)27-9-4-5-19(27)16-11-14(23)6-7-18(16)24/h6-8,10-13,19H,4-5,9H2,1-3H3,(H,26,29)/p-1/t19-/m1/s1. The second-order valence-corrected chi connectivity index (χ2v) is 11.1. The molecule has 7 nitrogen and oxygen atoms in total. The molecule has 32 heavy (non-hydrogen) atoms. The average molecular weight is 462 g/mol. The van der Waals surface area contributed by atoms with Gasteiger partial charge in [-0.2, -0.15) is 9.50 Å². The lowest BCUT2D eigenvalue weighted by atomic mass is 10.0. The van der Waals surface area contributed by atoms with Crippen molar-refractivity contribution in [2.75, 3.05) is 11.4 Å². The number of hydrogen-bond acceptors (Lipinski definition) is 5. The van der Waals surface area contributed by atoms with Gasteiger partial charge >= 0.3 is 0 Å². The maximum atomic E-state index is 14.4. The van der Waals surface area contributed by atoms with Crippen LogP contribution >= 0.6 is 0 Å². The molecular formula is C22H23F2N4O3S-. The van der Waals surface area contributed by atoms with E-state index in [4.69, 9.17) is 0 Å².